The van der Waals surface area contributed by atoms with Crippen LogP contribution in [0.15, 0.2) is 30.5 Å². The zero-order valence-corrected chi connectivity index (χ0v) is 9.61. The number of rotatable bonds is 1. The number of hydrogen-bond donors (Lipinski definition) is 0. The van der Waals surface area contributed by atoms with Crippen LogP contribution in [0.3, 0.4) is 0 Å². The molecule has 0 bridgehead atoms. The van der Waals surface area contributed by atoms with Gasteiger partial charge >= 0.3 is 0 Å². The lowest BCUT2D eigenvalue weighted by Gasteiger charge is -2.21. The van der Waals surface area contributed by atoms with E-state index in [9.17, 15) is 0 Å². The molecule has 3 rings (SSSR count). The third-order valence-corrected chi connectivity index (χ3v) is 3.37. The van der Waals surface area contributed by atoms with Gasteiger partial charge in [0.1, 0.15) is 0 Å². The standard InChI is InChI=1S/C14H16N2/c1-11-6-7-12-5-4-8-15-13(12)14(11)16-9-2-3-10-16/h4-8H,2-3,9-10H2,1H3. The lowest BCUT2D eigenvalue weighted by Crippen LogP contribution is -2.19. The van der Waals surface area contributed by atoms with Gasteiger partial charge in [-0.25, -0.2) is 0 Å². The minimum Gasteiger partial charge on any atom is -0.370 e. The largest absolute Gasteiger partial charge is 0.370 e. The van der Waals surface area contributed by atoms with Crippen LogP contribution >= 0.6 is 0 Å². The van der Waals surface area contributed by atoms with Crippen molar-refractivity contribution >= 4 is 16.6 Å². The third kappa shape index (κ3) is 1.45. The molecule has 1 aliphatic heterocycles. The molecule has 2 heteroatoms. The normalized spacial score (nSPS) is 15.9. The number of aromatic nitrogens is 1. The van der Waals surface area contributed by atoms with E-state index in [1.807, 2.05) is 12.3 Å². The fourth-order valence-corrected chi connectivity index (χ4v) is 2.57. The van der Waals surface area contributed by atoms with Gasteiger partial charge in [0.25, 0.3) is 0 Å². The summed E-state index contributed by atoms with van der Waals surface area (Å²) < 4.78 is 0. The second-order valence-electron chi connectivity index (χ2n) is 4.50. The number of anilines is 1. The van der Waals surface area contributed by atoms with Crippen LogP contribution in [0.4, 0.5) is 5.69 Å². The average molecular weight is 212 g/mol. The van der Waals surface area contributed by atoms with Crippen LogP contribution in [0, 0.1) is 6.92 Å². The highest BCUT2D eigenvalue weighted by molar-refractivity contribution is 5.92. The van der Waals surface area contributed by atoms with Crippen molar-refractivity contribution in [1.29, 1.82) is 0 Å². The SMILES string of the molecule is Cc1ccc2cccnc2c1N1CCCC1. The molecule has 1 aromatic carbocycles. The van der Waals surface area contributed by atoms with Crippen molar-refractivity contribution in [2.75, 3.05) is 18.0 Å². The molecular formula is C14H16N2. The molecule has 1 fully saturated rings. The summed E-state index contributed by atoms with van der Waals surface area (Å²) in [4.78, 5) is 7.02. The van der Waals surface area contributed by atoms with E-state index in [0.29, 0.717) is 0 Å². The molecule has 1 saturated heterocycles. The van der Waals surface area contributed by atoms with Crippen molar-refractivity contribution in [2.24, 2.45) is 0 Å². The third-order valence-electron chi connectivity index (χ3n) is 3.37. The van der Waals surface area contributed by atoms with E-state index >= 15 is 0 Å². The molecule has 0 radical (unpaired) electrons. The highest BCUT2D eigenvalue weighted by atomic mass is 15.2. The van der Waals surface area contributed by atoms with Crippen molar-refractivity contribution in [1.82, 2.24) is 4.98 Å². The highest BCUT2D eigenvalue weighted by Crippen LogP contribution is 2.31. The quantitative estimate of drug-likeness (QED) is 0.722. The van der Waals surface area contributed by atoms with Crippen LogP contribution in [0.1, 0.15) is 18.4 Å². The maximum absolute atomic E-state index is 4.54. The van der Waals surface area contributed by atoms with E-state index in [4.69, 9.17) is 0 Å². The molecule has 0 saturated carbocycles. The number of pyridine rings is 1. The van der Waals surface area contributed by atoms with Gasteiger partial charge in [-0.2, -0.15) is 0 Å². The Bertz CT molecular complexity index is 513. The van der Waals surface area contributed by atoms with Gasteiger partial charge in [-0.1, -0.05) is 18.2 Å². The molecule has 1 aromatic heterocycles. The fourth-order valence-electron chi connectivity index (χ4n) is 2.57. The average Bonchev–Trinajstić information content (AvgIpc) is 2.82. The van der Waals surface area contributed by atoms with Crippen LogP contribution in [-0.4, -0.2) is 18.1 Å². The Morgan fingerprint density at radius 3 is 2.75 bits per heavy atom. The Balaban J connectivity index is 2.23. The topological polar surface area (TPSA) is 16.1 Å². The Hall–Kier alpha value is -1.57. The molecule has 82 valence electrons. The first kappa shape index (κ1) is 9.64. The molecule has 0 amide bonds. The second-order valence-corrected chi connectivity index (χ2v) is 4.50. The van der Waals surface area contributed by atoms with E-state index in [2.05, 4.69) is 35.0 Å². The van der Waals surface area contributed by atoms with Gasteiger partial charge in [-0.3, -0.25) is 4.98 Å². The molecule has 0 spiro atoms. The number of benzene rings is 1. The van der Waals surface area contributed by atoms with E-state index in [1.165, 1.54) is 42.6 Å². The molecule has 2 nitrogen and oxygen atoms in total. The Kier molecular flexibility index (Phi) is 2.28. The van der Waals surface area contributed by atoms with Gasteiger partial charge in [0.15, 0.2) is 0 Å². The first-order valence-corrected chi connectivity index (χ1v) is 5.95. The summed E-state index contributed by atoms with van der Waals surface area (Å²) in [6, 6.07) is 8.52. The Morgan fingerprint density at radius 1 is 1.12 bits per heavy atom. The van der Waals surface area contributed by atoms with Crippen molar-refractivity contribution in [2.45, 2.75) is 19.8 Å². The summed E-state index contributed by atoms with van der Waals surface area (Å²) in [7, 11) is 0. The van der Waals surface area contributed by atoms with Crippen LogP contribution < -0.4 is 4.90 Å². The van der Waals surface area contributed by atoms with Gasteiger partial charge < -0.3 is 4.90 Å². The minimum atomic E-state index is 1.16. The Labute approximate surface area is 95.9 Å². The Morgan fingerprint density at radius 2 is 1.94 bits per heavy atom. The second kappa shape index (κ2) is 3.78. The molecule has 2 aromatic rings. The first-order chi connectivity index (χ1) is 7.86. The van der Waals surface area contributed by atoms with Gasteiger partial charge in [0.05, 0.1) is 11.2 Å². The van der Waals surface area contributed by atoms with Crippen LogP contribution in [0.2, 0.25) is 0 Å². The monoisotopic (exact) mass is 212 g/mol. The smallest absolute Gasteiger partial charge is 0.0937 e. The van der Waals surface area contributed by atoms with Crippen molar-refractivity contribution < 1.29 is 0 Å². The molecular weight excluding hydrogens is 196 g/mol. The van der Waals surface area contributed by atoms with Crippen LogP contribution in [0.25, 0.3) is 10.9 Å². The molecule has 0 unspecified atom stereocenters. The van der Waals surface area contributed by atoms with Gasteiger partial charge in [-0.15, -0.1) is 0 Å². The van der Waals surface area contributed by atoms with E-state index in [-0.39, 0.29) is 0 Å². The predicted octanol–water partition coefficient (Wildman–Crippen LogP) is 3.14. The zero-order chi connectivity index (χ0) is 11.0. The molecule has 1 aliphatic rings. The van der Waals surface area contributed by atoms with E-state index in [0.717, 1.165) is 5.52 Å². The maximum atomic E-state index is 4.54. The summed E-state index contributed by atoms with van der Waals surface area (Å²) in [6.07, 6.45) is 4.51. The summed E-state index contributed by atoms with van der Waals surface area (Å²) >= 11 is 0. The number of hydrogen-bond acceptors (Lipinski definition) is 2. The van der Waals surface area contributed by atoms with E-state index in [1.54, 1.807) is 0 Å². The van der Waals surface area contributed by atoms with Crippen molar-refractivity contribution in [3.63, 3.8) is 0 Å². The van der Waals surface area contributed by atoms with Crippen molar-refractivity contribution in [3.8, 4) is 0 Å². The molecule has 0 atom stereocenters. The first-order valence-electron chi connectivity index (χ1n) is 5.95. The minimum absolute atomic E-state index is 1.16. The summed E-state index contributed by atoms with van der Waals surface area (Å²) in [5.41, 5.74) is 3.84. The molecule has 16 heavy (non-hydrogen) atoms. The predicted molar refractivity (Wildman–Crippen MR) is 67.9 cm³/mol. The maximum Gasteiger partial charge on any atom is 0.0937 e. The van der Waals surface area contributed by atoms with Crippen LogP contribution in [0.5, 0.6) is 0 Å². The van der Waals surface area contributed by atoms with E-state index < -0.39 is 0 Å². The lowest BCUT2D eigenvalue weighted by atomic mass is 10.1. The van der Waals surface area contributed by atoms with Gasteiger partial charge in [-0.05, 0) is 31.4 Å². The van der Waals surface area contributed by atoms with Gasteiger partial charge in [0, 0.05) is 24.7 Å². The zero-order valence-electron chi connectivity index (χ0n) is 9.61. The summed E-state index contributed by atoms with van der Waals surface area (Å²) in [6.45, 7) is 4.54. The molecule has 0 N–H and O–H groups in total. The lowest BCUT2D eigenvalue weighted by molar-refractivity contribution is 0.949. The van der Waals surface area contributed by atoms with Gasteiger partial charge in [0.2, 0.25) is 0 Å². The number of aryl methyl sites for hydroxylation is 1. The van der Waals surface area contributed by atoms with Crippen LogP contribution in [-0.2, 0) is 0 Å². The highest BCUT2D eigenvalue weighted by Gasteiger charge is 2.17. The molecule has 2 heterocycles. The molecule has 0 aliphatic carbocycles. The fraction of sp³-hybridized carbons (Fsp3) is 0.357. The summed E-state index contributed by atoms with van der Waals surface area (Å²) in [5, 5.41) is 1.25. The van der Waals surface area contributed by atoms with Crippen molar-refractivity contribution in [3.05, 3.63) is 36.0 Å². The number of nitrogens with zero attached hydrogens (tertiary/aromatic N) is 2. The number of fused-ring (bicyclic) bond motifs is 1. The summed E-state index contributed by atoms with van der Waals surface area (Å²) in [5.74, 6) is 0.